The molecular weight excluding hydrogens is 208 g/mol. The highest BCUT2D eigenvalue weighted by Crippen LogP contribution is 2.13. The molecule has 1 unspecified atom stereocenters. The van der Waals surface area contributed by atoms with Gasteiger partial charge < -0.3 is 15.8 Å². The van der Waals surface area contributed by atoms with Crippen LogP contribution >= 0.6 is 0 Å². The summed E-state index contributed by atoms with van der Waals surface area (Å²) in [6, 6.07) is 0. The van der Waals surface area contributed by atoms with Crippen LogP contribution in [0.1, 0.15) is 34.1 Å². The van der Waals surface area contributed by atoms with Gasteiger partial charge in [-0.3, -0.25) is 4.79 Å². The van der Waals surface area contributed by atoms with E-state index in [9.17, 15) is 9.59 Å². The summed E-state index contributed by atoms with van der Waals surface area (Å²) < 4.78 is 5.07. The van der Waals surface area contributed by atoms with Crippen molar-refractivity contribution in [3.8, 4) is 0 Å². The van der Waals surface area contributed by atoms with E-state index < -0.39 is 23.1 Å². The van der Waals surface area contributed by atoms with E-state index in [2.05, 4.69) is 11.9 Å². The minimum Gasteiger partial charge on any atom is -0.444 e. The third-order valence-electron chi connectivity index (χ3n) is 1.78. The summed E-state index contributed by atoms with van der Waals surface area (Å²) in [6.45, 7) is 10.5. The van der Waals surface area contributed by atoms with E-state index in [1.165, 1.54) is 6.08 Å². The summed E-state index contributed by atoms with van der Waals surface area (Å²) in [4.78, 5) is 22.3. The number of alkyl carbamates (subject to hydrolysis) is 1. The molecule has 92 valence electrons. The second kappa shape index (κ2) is 5.01. The maximum Gasteiger partial charge on any atom is 0.408 e. The Balaban J connectivity index is 4.48. The minimum atomic E-state index is -0.881. The van der Waals surface area contributed by atoms with Crippen LogP contribution in [0, 0.1) is 0 Å². The van der Waals surface area contributed by atoms with Crippen molar-refractivity contribution in [2.45, 2.75) is 45.3 Å². The molecule has 0 aliphatic rings. The molecule has 0 fully saturated rings. The number of hydrogen-bond donors (Lipinski definition) is 2. The first-order valence-corrected chi connectivity index (χ1v) is 5.01. The van der Waals surface area contributed by atoms with E-state index in [0.29, 0.717) is 0 Å². The van der Waals surface area contributed by atoms with Crippen molar-refractivity contribution in [2.24, 2.45) is 5.73 Å². The normalized spacial score (nSPS) is 14.8. The molecule has 0 spiro atoms. The number of nitrogens with one attached hydrogen (secondary N) is 1. The summed E-state index contributed by atoms with van der Waals surface area (Å²) in [5.74, 6) is -0.515. The number of nitrogens with two attached hydrogens (primary N) is 1. The van der Waals surface area contributed by atoms with E-state index >= 15 is 0 Å². The lowest BCUT2D eigenvalue weighted by Crippen LogP contribution is -2.48. The van der Waals surface area contributed by atoms with E-state index in [1.54, 1.807) is 27.7 Å². The molecule has 0 radical (unpaired) electrons. The zero-order chi connectivity index (χ0) is 13.0. The van der Waals surface area contributed by atoms with Crippen LogP contribution in [-0.4, -0.2) is 23.1 Å². The Kier molecular flexibility index (Phi) is 4.53. The average Bonchev–Trinajstić information content (AvgIpc) is 1.98. The number of rotatable bonds is 4. The molecule has 0 heterocycles. The van der Waals surface area contributed by atoms with E-state index in [0.717, 1.165) is 0 Å². The van der Waals surface area contributed by atoms with Crippen LogP contribution in [0.2, 0.25) is 0 Å². The molecule has 0 saturated carbocycles. The smallest absolute Gasteiger partial charge is 0.408 e. The molecule has 0 saturated heterocycles. The summed E-state index contributed by atoms with van der Waals surface area (Å²) in [7, 11) is 0. The topological polar surface area (TPSA) is 81.4 Å². The molecule has 16 heavy (non-hydrogen) atoms. The number of ether oxygens (including phenoxy) is 1. The Hall–Kier alpha value is -1.52. The van der Waals surface area contributed by atoms with Gasteiger partial charge >= 0.3 is 6.09 Å². The maximum absolute atomic E-state index is 11.5. The van der Waals surface area contributed by atoms with Gasteiger partial charge in [0.25, 0.3) is 0 Å². The highest BCUT2D eigenvalue weighted by molar-refractivity contribution is 5.77. The lowest BCUT2D eigenvalue weighted by molar-refractivity contribution is -0.118. The molecule has 0 aromatic carbocycles. The van der Waals surface area contributed by atoms with Crippen molar-refractivity contribution in [3.05, 3.63) is 12.7 Å². The third kappa shape index (κ3) is 6.06. The summed E-state index contributed by atoms with van der Waals surface area (Å²) in [5.41, 5.74) is 3.61. The van der Waals surface area contributed by atoms with Gasteiger partial charge in [0.05, 0.1) is 12.0 Å². The Morgan fingerprint density at radius 1 is 1.38 bits per heavy atom. The fraction of sp³-hybridized carbons (Fsp3) is 0.636. The van der Waals surface area contributed by atoms with Gasteiger partial charge in [-0.15, -0.1) is 6.58 Å². The molecular formula is C11H20N2O3. The van der Waals surface area contributed by atoms with Gasteiger partial charge in [0, 0.05) is 0 Å². The summed E-state index contributed by atoms with van der Waals surface area (Å²) in [5, 5.41) is 2.55. The first-order chi connectivity index (χ1) is 7.08. The van der Waals surface area contributed by atoms with Crippen molar-refractivity contribution in [2.75, 3.05) is 0 Å². The van der Waals surface area contributed by atoms with Gasteiger partial charge in [-0.25, -0.2) is 4.79 Å². The Morgan fingerprint density at radius 2 is 1.88 bits per heavy atom. The first kappa shape index (κ1) is 14.5. The number of hydrogen-bond acceptors (Lipinski definition) is 3. The molecule has 0 rings (SSSR count). The Morgan fingerprint density at radius 3 is 2.19 bits per heavy atom. The average molecular weight is 228 g/mol. The van der Waals surface area contributed by atoms with Gasteiger partial charge in [0.1, 0.15) is 5.60 Å². The predicted molar refractivity (Wildman–Crippen MR) is 61.8 cm³/mol. The molecule has 2 amide bonds. The standard InChI is InChI=1S/C11H20N2O3/c1-6-11(5,7-8(12)14)13-9(15)16-10(2,3)4/h6H,1,7H2,2-5H3,(H2,12,14)(H,13,15). The molecule has 0 aliphatic carbocycles. The van der Waals surface area contributed by atoms with Crippen molar-refractivity contribution in [1.82, 2.24) is 5.32 Å². The number of carbonyl (C=O) groups is 2. The number of primary amides is 1. The molecule has 0 aromatic rings. The van der Waals surface area contributed by atoms with Gasteiger partial charge in [-0.2, -0.15) is 0 Å². The van der Waals surface area contributed by atoms with Crippen molar-refractivity contribution in [3.63, 3.8) is 0 Å². The minimum absolute atomic E-state index is 0.0181. The monoisotopic (exact) mass is 228 g/mol. The van der Waals surface area contributed by atoms with Crippen molar-refractivity contribution in [1.29, 1.82) is 0 Å². The summed E-state index contributed by atoms with van der Waals surface area (Å²) >= 11 is 0. The summed E-state index contributed by atoms with van der Waals surface area (Å²) in [6.07, 6.45) is 0.841. The molecule has 5 nitrogen and oxygen atoms in total. The Bertz CT molecular complexity index is 294. The van der Waals surface area contributed by atoms with Gasteiger partial charge in [0.2, 0.25) is 5.91 Å². The van der Waals surface area contributed by atoms with Crippen LogP contribution in [0.15, 0.2) is 12.7 Å². The highest BCUT2D eigenvalue weighted by atomic mass is 16.6. The fourth-order valence-corrected chi connectivity index (χ4v) is 1.07. The maximum atomic E-state index is 11.5. The van der Waals surface area contributed by atoms with Crippen LogP contribution in [-0.2, 0) is 9.53 Å². The lowest BCUT2D eigenvalue weighted by Gasteiger charge is -2.28. The SMILES string of the molecule is C=CC(C)(CC(N)=O)NC(=O)OC(C)(C)C. The van der Waals surface area contributed by atoms with E-state index in [1.807, 2.05) is 0 Å². The van der Waals surface area contributed by atoms with Crippen LogP contribution in [0.4, 0.5) is 4.79 Å². The fourth-order valence-electron chi connectivity index (χ4n) is 1.07. The molecule has 5 heteroatoms. The zero-order valence-electron chi connectivity index (χ0n) is 10.3. The molecule has 0 aliphatic heterocycles. The van der Waals surface area contributed by atoms with Crippen LogP contribution < -0.4 is 11.1 Å². The molecule has 1 atom stereocenters. The van der Waals surface area contributed by atoms with Gasteiger partial charge in [-0.05, 0) is 27.7 Å². The van der Waals surface area contributed by atoms with E-state index in [4.69, 9.17) is 10.5 Å². The Labute approximate surface area is 96.0 Å². The quantitative estimate of drug-likeness (QED) is 0.712. The predicted octanol–water partition coefficient (Wildman–Crippen LogP) is 1.33. The number of carbonyl (C=O) groups excluding carboxylic acids is 2. The van der Waals surface area contributed by atoms with Crippen LogP contribution in [0.3, 0.4) is 0 Å². The van der Waals surface area contributed by atoms with E-state index in [-0.39, 0.29) is 6.42 Å². The first-order valence-electron chi connectivity index (χ1n) is 5.01. The van der Waals surface area contributed by atoms with Gasteiger partial charge in [-0.1, -0.05) is 6.08 Å². The molecule has 0 aromatic heterocycles. The number of amides is 2. The van der Waals surface area contributed by atoms with Crippen molar-refractivity contribution >= 4 is 12.0 Å². The lowest BCUT2D eigenvalue weighted by atomic mass is 9.98. The third-order valence-corrected chi connectivity index (χ3v) is 1.78. The van der Waals surface area contributed by atoms with Crippen LogP contribution in [0.5, 0.6) is 0 Å². The van der Waals surface area contributed by atoms with Gasteiger partial charge in [0.15, 0.2) is 0 Å². The zero-order valence-corrected chi connectivity index (χ0v) is 10.3. The van der Waals surface area contributed by atoms with Crippen molar-refractivity contribution < 1.29 is 14.3 Å². The highest BCUT2D eigenvalue weighted by Gasteiger charge is 2.27. The molecule has 0 bridgehead atoms. The largest absolute Gasteiger partial charge is 0.444 e. The second-order valence-corrected chi connectivity index (χ2v) is 4.89. The van der Waals surface area contributed by atoms with Crippen LogP contribution in [0.25, 0.3) is 0 Å². The second-order valence-electron chi connectivity index (χ2n) is 4.89. The molecule has 3 N–H and O–H groups in total.